The Labute approximate surface area is 125 Å². The van der Waals surface area contributed by atoms with Crippen molar-refractivity contribution in [3.63, 3.8) is 0 Å². The van der Waals surface area contributed by atoms with Crippen LogP contribution in [-0.2, 0) is 0 Å². The average Bonchev–Trinajstić information content (AvgIpc) is 2.32. The molecule has 94 valence electrons. The molecule has 2 aromatic rings. The fourth-order valence-electron chi connectivity index (χ4n) is 1.90. The van der Waals surface area contributed by atoms with E-state index in [4.69, 9.17) is 0 Å². The molecular formula is C15H15Br2N. The first-order chi connectivity index (χ1) is 8.58. The largest absolute Gasteiger partial charge is 0.378 e. The summed E-state index contributed by atoms with van der Waals surface area (Å²) in [6.07, 6.45) is 0. The van der Waals surface area contributed by atoms with E-state index < -0.39 is 0 Å². The Balaban J connectivity index is 2.22. The van der Waals surface area contributed by atoms with Gasteiger partial charge < -0.3 is 5.32 Å². The van der Waals surface area contributed by atoms with E-state index in [1.54, 1.807) is 0 Å². The Kier molecular flexibility index (Phi) is 4.46. The maximum absolute atomic E-state index is 3.61. The van der Waals surface area contributed by atoms with Gasteiger partial charge in [0.25, 0.3) is 0 Å². The molecule has 0 saturated heterocycles. The number of para-hydroxylation sites is 1. The number of aryl methyl sites for hydroxylation is 1. The Hall–Kier alpha value is -0.800. The van der Waals surface area contributed by atoms with Gasteiger partial charge in [0.2, 0.25) is 0 Å². The van der Waals surface area contributed by atoms with Crippen molar-refractivity contribution in [3.05, 3.63) is 62.5 Å². The zero-order valence-corrected chi connectivity index (χ0v) is 13.5. The molecule has 1 unspecified atom stereocenters. The van der Waals surface area contributed by atoms with Gasteiger partial charge in [-0.2, -0.15) is 0 Å². The second-order valence-electron chi connectivity index (χ2n) is 4.35. The first-order valence-electron chi connectivity index (χ1n) is 5.85. The number of hydrogen-bond donors (Lipinski definition) is 1. The summed E-state index contributed by atoms with van der Waals surface area (Å²) in [5, 5.41) is 3.54. The van der Waals surface area contributed by atoms with E-state index >= 15 is 0 Å². The zero-order chi connectivity index (χ0) is 13.1. The van der Waals surface area contributed by atoms with E-state index in [-0.39, 0.29) is 6.04 Å². The molecule has 0 bridgehead atoms. The molecule has 1 nitrogen and oxygen atoms in total. The normalized spacial score (nSPS) is 12.2. The molecule has 2 aromatic carbocycles. The number of benzene rings is 2. The lowest BCUT2D eigenvalue weighted by Gasteiger charge is -2.18. The Morgan fingerprint density at radius 3 is 2.44 bits per heavy atom. The fourth-order valence-corrected chi connectivity index (χ4v) is 3.29. The van der Waals surface area contributed by atoms with E-state index in [9.17, 15) is 0 Å². The minimum atomic E-state index is 0.258. The van der Waals surface area contributed by atoms with Gasteiger partial charge in [-0.3, -0.25) is 0 Å². The molecule has 0 aliphatic heterocycles. The van der Waals surface area contributed by atoms with Crippen LogP contribution in [0.25, 0.3) is 0 Å². The number of rotatable bonds is 3. The van der Waals surface area contributed by atoms with Gasteiger partial charge in [0.15, 0.2) is 0 Å². The number of anilines is 1. The van der Waals surface area contributed by atoms with Crippen LogP contribution in [0.3, 0.4) is 0 Å². The quantitative estimate of drug-likeness (QED) is 0.733. The van der Waals surface area contributed by atoms with Gasteiger partial charge in [-0.05, 0) is 43.2 Å². The summed E-state index contributed by atoms with van der Waals surface area (Å²) in [5.41, 5.74) is 3.69. The maximum atomic E-state index is 3.61. The van der Waals surface area contributed by atoms with Crippen LogP contribution in [0.5, 0.6) is 0 Å². The maximum Gasteiger partial charge on any atom is 0.0496 e. The molecule has 0 aromatic heterocycles. The molecule has 1 atom stereocenters. The first kappa shape index (κ1) is 13.6. The third-order valence-electron chi connectivity index (χ3n) is 2.95. The van der Waals surface area contributed by atoms with E-state index in [1.165, 1.54) is 16.8 Å². The van der Waals surface area contributed by atoms with Crippen molar-refractivity contribution in [2.45, 2.75) is 19.9 Å². The second kappa shape index (κ2) is 5.89. The van der Waals surface area contributed by atoms with Crippen LogP contribution in [0.2, 0.25) is 0 Å². The van der Waals surface area contributed by atoms with Crippen molar-refractivity contribution < 1.29 is 0 Å². The molecule has 0 saturated carbocycles. The van der Waals surface area contributed by atoms with Crippen molar-refractivity contribution in [1.29, 1.82) is 0 Å². The molecule has 0 aliphatic carbocycles. The number of hydrogen-bond acceptors (Lipinski definition) is 1. The number of halogens is 2. The molecule has 0 aliphatic rings. The van der Waals surface area contributed by atoms with Crippen LogP contribution in [0.15, 0.2) is 51.4 Å². The summed E-state index contributed by atoms with van der Waals surface area (Å²) in [6.45, 7) is 4.28. The lowest BCUT2D eigenvalue weighted by atomic mass is 10.1. The minimum absolute atomic E-state index is 0.258. The second-order valence-corrected chi connectivity index (χ2v) is 6.12. The highest BCUT2D eigenvalue weighted by Gasteiger charge is 2.10. The average molecular weight is 369 g/mol. The molecule has 0 heterocycles. The smallest absolute Gasteiger partial charge is 0.0496 e. The minimum Gasteiger partial charge on any atom is -0.378 e. The zero-order valence-electron chi connectivity index (χ0n) is 10.4. The Morgan fingerprint density at radius 2 is 1.78 bits per heavy atom. The van der Waals surface area contributed by atoms with Crippen molar-refractivity contribution in [3.8, 4) is 0 Å². The van der Waals surface area contributed by atoms with Gasteiger partial charge in [-0.1, -0.05) is 56.1 Å². The summed E-state index contributed by atoms with van der Waals surface area (Å²) in [4.78, 5) is 0. The first-order valence-corrected chi connectivity index (χ1v) is 7.43. The summed E-state index contributed by atoms with van der Waals surface area (Å²) >= 11 is 7.08. The lowest BCUT2D eigenvalue weighted by Crippen LogP contribution is -2.08. The van der Waals surface area contributed by atoms with Gasteiger partial charge in [0, 0.05) is 20.7 Å². The SMILES string of the molecule is Cc1ccccc1NC(C)c1ccc(Br)cc1Br. The molecule has 2 rings (SSSR count). The lowest BCUT2D eigenvalue weighted by molar-refractivity contribution is 0.876. The summed E-state index contributed by atoms with van der Waals surface area (Å²) < 4.78 is 2.20. The predicted molar refractivity (Wildman–Crippen MR) is 85.1 cm³/mol. The van der Waals surface area contributed by atoms with Crippen molar-refractivity contribution in [2.24, 2.45) is 0 Å². The van der Waals surface area contributed by atoms with E-state index in [2.05, 4.69) is 93.5 Å². The molecule has 3 heteroatoms. The Bertz CT molecular complexity index is 552. The predicted octanol–water partition coefficient (Wildman–Crippen LogP) is 5.69. The fraction of sp³-hybridized carbons (Fsp3) is 0.200. The standard InChI is InChI=1S/C15H15Br2N/c1-10-5-3-4-6-15(10)18-11(2)13-8-7-12(16)9-14(13)17/h3-9,11,18H,1-2H3. The van der Waals surface area contributed by atoms with E-state index in [0.29, 0.717) is 0 Å². The summed E-state index contributed by atoms with van der Waals surface area (Å²) in [6, 6.07) is 14.9. The van der Waals surface area contributed by atoms with Crippen molar-refractivity contribution >= 4 is 37.5 Å². The molecule has 0 fully saturated rings. The monoisotopic (exact) mass is 367 g/mol. The highest BCUT2D eigenvalue weighted by molar-refractivity contribution is 9.11. The van der Waals surface area contributed by atoms with Crippen LogP contribution in [0.4, 0.5) is 5.69 Å². The van der Waals surface area contributed by atoms with Crippen LogP contribution < -0.4 is 5.32 Å². The van der Waals surface area contributed by atoms with Crippen LogP contribution in [-0.4, -0.2) is 0 Å². The molecule has 0 spiro atoms. The van der Waals surface area contributed by atoms with Crippen LogP contribution in [0.1, 0.15) is 24.1 Å². The van der Waals surface area contributed by atoms with Crippen molar-refractivity contribution in [1.82, 2.24) is 0 Å². The molecule has 18 heavy (non-hydrogen) atoms. The molecule has 0 amide bonds. The van der Waals surface area contributed by atoms with Gasteiger partial charge >= 0.3 is 0 Å². The third kappa shape index (κ3) is 3.15. The third-order valence-corrected chi connectivity index (χ3v) is 4.13. The molecule has 1 N–H and O–H groups in total. The molecular weight excluding hydrogens is 354 g/mol. The highest BCUT2D eigenvalue weighted by Crippen LogP contribution is 2.29. The molecule has 0 radical (unpaired) electrons. The van der Waals surface area contributed by atoms with Crippen LogP contribution >= 0.6 is 31.9 Å². The van der Waals surface area contributed by atoms with Gasteiger partial charge in [-0.15, -0.1) is 0 Å². The van der Waals surface area contributed by atoms with Gasteiger partial charge in [0.05, 0.1) is 0 Å². The topological polar surface area (TPSA) is 12.0 Å². The summed E-state index contributed by atoms with van der Waals surface area (Å²) in [5.74, 6) is 0. The van der Waals surface area contributed by atoms with Gasteiger partial charge in [-0.25, -0.2) is 0 Å². The van der Waals surface area contributed by atoms with E-state index in [1.807, 2.05) is 0 Å². The Morgan fingerprint density at radius 1 is 1.06 bits per heavy atom. The van der Waals surface area contributed by atoms with Crippen molar-refractivity contribution in [2.75, 3.05) is 5.32 Å². The number of nitrogens with one attached hydrogen (secondary N) is 1. The van der Waals surface area contributed by atoms with Crippen LogP contribution in [0, 0.1) is 6.92 Å². The van der Waals surface area contributed by atoms with E-state index in [0.717, 1.165) is 8.95 Å². The van der Waals surface area contributed by atoms with Gasteiger partial charge in [0.1, 0.15) is 0 Å². The highest BCUT2D eigenvalue weighted by atomic mass is 79.9. The summed E-state index contributed by atoms with van der Waals surface area (Å²) in [7, 11) is 0.